The van der Waals surface area contributed by atoms with Crippen molar-refractivity contribution in [3.05, 3.63) is 34.3 Å². The highest BCUT2D eigenvalue weighted by Gasteiger charge is 2.32. The van der Waals surface area contributed by atoms with E-state index in [0.29, 0.717) is 6.42 Å². The van der Waals surface area contributed by atoms with Gasteiger partial charge < -0.3 is 15.0 Å². The number of likely N-dealkylation sites (N-methyl/N-ethyl adjacent to an activating group) is 1. The molecule has 1 fully saturated rings. The number of urea groups is 1. The molecule has 1 unspecified atom stereocenters. The lowest BCUT2D eigenvalue weighted by Crippen LogP contribution is -2.34. The number of methoxy groups -OCH3 is 1. The van der Waals surface area contributed by atoms with Crippen LogP contribution in [0.4, 0.5) is 4.79 Å². The van der Waals surface area contributed by atoms with Crippen LogP contribution >= 0.6 is 15.9 Å². The molecule has 1 aliphatic heterocycles. The normalized spacial score (nSPS) is 15.1. The average Bonchev–Trinajstić information content (AvgIpc) is 2.87. The van der Waals surface area contributed by atoms with Gasteiger partial charge in [-0.2, -0.15) is 0 Å². The smallest absolute Gasteiger partial charge is 0.326 e. The molecule has 0 aliphatic carbocycles. The van der Waals surface area contributed by atoms with Gasteiger partial charge in [-0.25, -0.2) is 4.79 Å². The summed E-state index contributed by atoms with van der Waals surface area (Å²) in [5, 5.41) is 2.82. The highest BCUT2D eigenvalue weighted by molar-refractivity contribution is 9.10. The molecule has 0 radical (unpaired) electrons. The van der Waals surface area contributed by atoms with Gasteiger partial charge in [-0.1, -0.05) is 28.1 Å². The van der Waals surface area contributed by atoms with Gasteiger partial charge in [0.25, 0.3) is 0 Å². The first-order chi connectivity index (χ1) is 12.8. The molecule has 1 atom stereocenters. The van der Waals surface area contributed by atoms with Crippen LogP contribution in [-0.2, 0) is 19.1 Å². The lowest BCUT2D eigenvalue weighted by atomic mass is 10.0. The largest absolute Gasteiger partial charge is 0.469 e. The Hall–Kier alpha value is -2.42. The van der Waals surface area contributed by atoms with Crippen molar-refractivity contribution < 1.29 is 23.9 Å². The summed E-state index contributed by atoms with van der Waals surface area (Å²) in [6.07, 6.45) is 0.486. The zero-order valence-corrected chi connectivity index (χ0v) is 16.8. The van der Waals surface area contributed by atoms with Gasteiger partial charge in [-0.05, 0) is 24.1 Å². The van der Waals surface area contributed by atoms with Gasteiger partial charge in [-0.3, -0.25) is 19.3 Å². The molecule has 0 saturated carbocycles. The second-order valence-electron chi connectivity index (χ2n) is 6.24. The molecule has 1 aromatic rings. The van der Waals surface area contributed by atoms with Crippen molar-refractivity contribution in [2.45, 2.75) is 25.3 Å². The SMILES string of the molecule is COC(=O)CC(NC(=O)CCCN1C(=O)CN(C)C1=O)c1cccc(Br)c1. The number of ether oxygens (including phenoxy) is 1. The zero-order valence-electron chi connectivity index (χ0n) is 15.2. The number of rotatable bonds is 8. The summed E-state index contributed by atoms with van der Waals surface area (Å²) < 4.78 is 5.54. The van der Waals surface area contributed by atoms with Crippen LogP contribution in [0.1, 0.15) is 30.9 Å². The van der Waals surface area contributed by atoms with Gasteiger partial charge in [0.1, 0.15) is 6.54 Å². The van der Waals surface area contributed by atoms with Crippen molar-refractivity contribution in [1.82, 2.24) is 15.1 Å². The van der Waals surface area contributed by atoms with Gasteiger partial charge in [0.05, 0.1) is 19.6 Å². The van der Waals surface area contributed by atoms with Gasteiger partial charge in [0.2, 0.25) is 11.8 Å². The second kappa shape index (κ2) is 9.50. The molecule has 146 valence electrons. The Balaban J connectivity index is 1.92. The van der Waals surface area contributed by atoms with Gasteiger partial charge >= 0.3 is 12.0 Å². The summed E-state index contributed by atoms with van der Waals surface area (Å²) in [6, 6.07) is 6.43. The van der Waals surface area contributed by atoms with Crippen LogP contribution in [0, 0.1) is 0 Å². The van der Waals surface area contributed by atoms with Crippen LogP contribution in [0.25, 0.3) is 0 Å². The highest BCUT2D eigenvalue weighted by atomic mass is 79.9. The van der Waals surface area contributed by atoms with E-state index in [4.69, 9.17) is 4.74 Å². The number of nitrogens with one attached hydrogen (secondary N) is 1. The number of carbonyl (C=O) groups is 4. The standard InChI is InChI=1S/C18H22BrN3O5/c1-21-11-16(24)22(18(21)26)8-4-7-15(23)20-14(10-17(25)27-2)12-5-3-6-13(19)9-12/h3,5-6,9,14H,4,7-8,10-11H2,1-2H3,(H,20,23). The maximum atomic E-state index is 12.3. The van der Waals surface area contributed by atoms with E-state index in [1.165, 1.54) is 12.0 Å². The molecular formula is C18H22BrN3O5. The number of hydrogen-bond donors (Lipinski definition) is 1. The summed E-state index contributed by atoms with van der Waals surface area (Å²) >= 11 is 3.37. The third kappa shape index (κ3) is 5.78. The molecule has 1 saturated heterocycles. The Morgan fingerprint density at radius 3 is 2.67 bits per heavy atom. The molecule has 1 aromatic carbocycles. The van der Waals surface area contributed by atoms with E-state index in [1.807, 2.05) is 24.3 Å². The number of halogens is 1. The number of hydrogen-bond acceptors (Lipinski definition) is 5. The number of nitrogens with zero attached hydrogens (tertiary/aromatic N) is 2. The number of imide groups is 1. The van der Waals surface area contributed by atoms with Crippen molar-refractivity contribution in [2.75, 3.05) is 27.2 Å². The Kier molecular flexibility index (Phi) is 7.35. The van der Waals surface area contributed by atoms with Crippen LogP contribution in [0.15, 0.2) is 28.7 Å². The predicted octanol–water partition coefficient (Wildman–Crippen LogP) is 1.84. The third-order valence-electron chi connectivity index (χ3n) is 4.20. The molecule has 8 nitrogen and oxygen atoms in total. The van der Waals surface area contributed by atoms with Crippen LogP contribution in [0.3, 0.4) is 0 Å². The van der Waals surface area contributed by atoms with Crippen molar-refractivity contribution in [3.63, 3.8) is 0 Å². The first-order valence-corrected chi connectivity index (χ1v) is 9.28. The van der Waals surface area contributed by atoms with E-state index >= 15 is 0 Å². The van der Waals surface area contributed by atoms with Crippen LogP contribution < -0.4 is 5.32 Å². The van der Waals surface area contributed by atoms with E-state index in [9.17, 15) is 19.2 Å². The lowest BCUT2D eigenvalue weighted by Gasteiger charge is -2.19. The molecule has 1 heterocycles. The van der Waals surface area contributed by atoms with Crippen molar-refractivity contribution in [3.8, 4) is 0 Å². The van der Waals surface area contributed by atoms with Crippen LogP contribution in [0.5, 0.6) is 0 Å². The summed E-state index contributed by atoms with van der Waals surface area (Å²) in [4.78, 5) is 50.0. The molecular weight excluding hydrogens is 418 g/mol. The van der Waals surface area contributed by atoms with Gasteiger partial charge in [-0.15, -0.1) is 0 Å². The summed E-state index contributed by atoms with van der Waals surface area (Å²) in [5.74, 6) is -0.964. The lowest BCUT2D eigenvalue weighted by molar-refractivity contribution is -0.141. The first kappa shape index (κ1) is 20.9. The molecule has 2 rings (SSSR count). The van der Waals surface area contributed by atoms with E-state index in [1.54, 1.807) is 7.05 Å². The number of benzene rings is 1. The summed E-state index contributed by atoms with van der Waals surface area (Å²) in [7, 11) is 2.85. The monoisotopic (exact) mass is 439 g/mol. The molecule has 9 heteroatoms. The predicted molar refractivity (Wildman–Crippen MR) is 101 cm³/mol. The fourth-order valence-corrected chi connectivity index (χ4v) is 3.20. The topological polar surface area (TPSA) is 96.0 Å². The van der Waals surface area contributed by atoms with Crippen LogP contribution in [-0.4, -0.2) is 60.9 Å². The van der Waals surface area contributed by atoms with Crippen LogP contribution in [0.2, 0.25) is 0 Å². The maximum Gasteiger partial charge on any atom is 0.326 e. The fourth-order valence-electron chi connectivity index (χ4n) is 2.78. The second-order valence-corrected chi connectivity index (χ2v) is 7.16. The minimum Gasteiger partial charge on any atom is -0.469 e. The molecule has 0 spiro atoms. The molecule has 4 amide bonds. The molecule has 0 aromatic heterocycles. The van der Waals surface area contributed by atoms with Gasteiger partial charge in [0, 0.05) is 24.5 Å². The van der Waals surface area contributed by atoms with Crippen molar-refractivity contribution in [2.24, 2.45) is 0 Å². The van der Waals surface area contributed by atoms with E-state index in [-0.39, 0.29) is 43.8 Å². The Morgan fingerprint density at radius 2 is 2.07 bits per heavy atom. The van der Waals surface area contributed by atoms with E-state index < -0.39 is 12.0 Å². The number of carbonyl (C=O) groups excluding carboxylic acids is 4. The molecule has 0 bridgehead atoms. The Bertz CT molecular complexity index is 739. The molecule has 27 heavy (non-hydrogen) atoms. The summed E-state index contributed by atoms with van der Waals surface area (Å²) in [6.45, 7) is 0.253. The fraction of sp³-hybridized carbons (Fsp3) is 0.444. The molecule has 1 aliphatic rings. The number of esters is 1. The van der Waals surface area contributed by atoms with E-state index in [0.717, 1.165) is 14.9 Å². The quantitative estimate of drug-likeness (QED) is 0.492. The maximum absolute atomic E-state index is 12.3. The number of amides is 4. The zero-order chi connectivity index (χ0) is 20.0. The van der Waals surface area contributed by atoms with Gasteiger partial charge in [0.15, 0.2) is 0 Å². The minimum absolute atomic E-state index is 0.00653. The average molecular weight is 440 g/mol. The summed E-state index contributed by atoms with van der Waals surface area (Å²) in [5.41, 5.74) is 0.773. The van der Waals surface area contributed by atoms with E-state index in [2.05, 4.69) is 21.2 Å². The Morgan fingerprint density at radius 1 is 1.33 bits per heavy atom. The highest BCUT2D eigenvalue weighted by Crippen LogP contribution is 2.21. The minimum atomic E-state index is -0.524. The molecule has 1 N–H and O–H groups in total. The Labute approximate surface area is 166 Å². The van der Waals surface area contributed by atoms with Crippen molar-refractivity contribution >= 4 is 39.7 Å². The van der Waals surface area contributed by atoms with Crippen molar-refractivity contribution in [1.29, 1.82) is 0 Å². The first-order valence-electron chi connectivity index (χ1n) is 8.49. The third-order valence-corrected chi connectivity index (χ3v) is 4.69.